The fourth-order valence-electron chi connectivity index (χ4n) is 1.55. The molecule has 1 aromatic rings. The molecule has 2 rings (SSSR count). The van der Waals surface area contributed by atoms with Gasteiger partial charge in [-0.1, -0.05) is 6.07 Å². The summed E-state index contributed by atoms with van der Waals surface area (Å²) in [6, 6.07) is 7.66. The highest BCUT2D eigenvalue weighted by Crippen LogP contribution is 2.18. The molecule has 1 aromatic carbocycles. The van der Waals surface area contributed by atoms with E-state index >= 15 is 0 Å². The SMILES string of the molecule is COc1cccc(NC(N)=NCC(=O)NC2CC2)c1. The van der Waals surface area contributed by atoms with Gasteiger partial charge in [0.15, 0.2) is 5.96 Å². The first kappa shape index (κ1) is 13.2. The second kappa shape index (κ2) is 6.08. The molecule has 19 heavy (non-hydrogen) atoms. The minimum atomic E-state index is -0.0992. The van der Waals surface area contributed by atoms with Gasteiger partial charge < -0.3 is 21.1 Å². The number of guanidine groups is 1. The van der Waals surface area contributed by atoms with E-state index in [2.05, 4.69) is 15.6 Å². The van der Waals surface area contributed by atoms with Crippen LogP contribution in [-0.4, -0.2) is 31.6 Å². The van der Waals surface area contributed by atoms with Crippen molar-refractivity contribution in [1.82, 2.24) is 5.32 Å². The van der Waals surface area contributed by atoms with E-state index in [1.54, 1.807) is 13.2 Å². The van der Waals surface area contributed by atoms with Gasteiger partial charge in [0.05, 0.1) is 7.11 Å². The third-order valence-electron chi connectivity index (χ3n) is 2.68. The summed E-state index contributed by atoms with van der Waals surface area (Å²) in [6.45, 7) is 0.0410. The van der Waals surface area contributed by atoms with Crippen molar-refractivity contribution in [2.75, 3.05) is 19.0 Å². The van der Waals surface area contributed by atoms with Crippen LogP contribution in [0.5, 0.6) is 5.75 Å². The summed E-state index contributed by atoms with van der Waals surface area (Å²) < 4.78 is 5.10. The maximum absolute atomic E-state index is 11.4. The number of carbonyl (C=O) groups excluding carboxylic acids is 1. The quantitative estimate of drug-likeness (QED) is 0.538. The van der Waals surface area contributed by atoms with Crippen LogP contribution in [0.4, 0.5) is 5.69 Å². The van der Waals surface area contributed by atoms with Gasteiger partial charge in [-0.2, -0.15) is 0 Å². The summed E-state index contributed by atoms with van der Waals surface area (Å²) in [5.41, 5.74) is 6.48. The largest absolute Gasteiger partial charge is 0.497 e. The number of nitrogens with one attached hydrogen (secondary N) is 2. The first-order chi connectivity index (χ1) is 9.17. The zero-order chi connectivity index (χ0) is 13.7. The van der Waals surface area contributed by atoms with Crippen molar-refractivity contribution >= 4 is 17.6 Å². The van der Waals surface area contributed by atoms with Crippen LogP contribution in [0.2, 0.25) is 0 Å². The molecule has 1 fully saturated rings. The van der Waals surface area contributed by atoms with Gasteiger partial charge >= 0.3 is 0 Å². The van der Waals surface area contributed by atoms with Crippen molar-refractivity contribution in [3.05, 3.63) is 24.3 Å². The van der Waals surface area contributed by atoms with Crippen molar-refractivity contribution in [2.45, 2.75) is 18.9 Å². The minimum absolute atomic E-state index is 0.0410. The topological polar surface area (TPSA) is 88.7 Å². The Bertz CT molecular complexity index is 483. The lowest BCUT2D eigenvalue weighted by Crippen LogP contribution is -2.30. The molecule has 0 aromatic heterocycles. The molecule has 0 heterocycles. The van der Waals surface area contributed by atoms with E-state index in [0.29, 0.717) is 6.04 Å². The number of ether oxygens (including phenoxy) is 1. The summed E-state index contributed by atoms with van der Waals surface area (Å²) in [7, 11) is 1.60. The van der Waals surface area contributed by atoms with Gasteiger partial charge in [0.1, 0.15) is 12.3 Å². The molecule has 0 radical (unpaired) electrons. The molecule has 0 aliphatic heterocycles. The molecular weight excluding hydrogens is 244 g/mol. The van der Waals surface area contributed by atoms with E-state index in [1.807, 2.05) is 18.2 Å². The highest BCUT2D eigenvalue weighted by atomic mass is 16.5. The summed E-state index contributed by atoms with van der Waals surface area (Å²) >= 11 is 0. The van der Waals surface area contributed by atoms with E-state index in [9.17, 15) is 4.79 Å². The Hall–Kier alpha value is -2.24. The predicted octanol–water partition coefficient (Wildman–Crippen LogP) is 0.700. The number of methoxy groups -OCH3 is 1. The van der Waals surface area contributed by atoms with Crippen LogP contribution in [0.3, 0.4) is 0 Å². The molecule has 1 aliphatic rings. The van der Waals surface area contributed by atoms with Gasteiger partial charge in [-0.15, -0.1) is 0 Å². The predicted molar refractivity (Wildman–Crippen MR) is 74.3 cm³/mol. The molecule has 0 saturated heterocycles. The molecule has 6 nitrogen and oxygen atoms in total. The molecule has 1 saturated carbocycles. The van der Waals surface area contributed by atoms with E-state index < -0.39 is 0 Å². The van der Waals surface area contributed by atoms with Crippen molar-refractivity contribution < 1.29 is 9.53 Å². The molecular formula is C13H18N4O2. The monoisotopic (exact) mass is 262 g/mol. The van der Waals surface area contributed by atoms with Crippen LogP contribution < -0.4 is 21.1 Å². The number of nitrogens with two attached hydrogens (primary N) is 1. The normalized spacial score (nSPS) is 14.9. The number of benzene rings is 1. The average Bonchev–Trinajstić information content (AvgIpc) is 3.20. The van der Waals surface area contributed by atoms with E-state index in [4.69, 9.17) is 10.5 Å². The maximum Gasteiger partial charge on any atom is 0.242 e. The number of hydrogen-bond donors (Lipinski definition) is 3. The van der Waals surface area contributed by atoms with Crippen LogP contribution in [-0.2, 0) is 4.79 Å². The van der Waals surface area contributed by atoms with Crippen molar-refractivity contribution in [3.8, 4) is 5.75 Å². The third-order valence-corrected chi connectivity index (χ3v) is 2.68. The first-order valence-corrected chi connectivity index (χ1v) is 6.18. The van der Waals surface area contributed by atoms with Crippen molar-refractivity contribution in [2.24, 2.45) is 10.7 Å². The van der Waals surface area contributed by atoms with Crippen LogP contribution >= 0.6 is 0 Å². The Morgan fingerprint density at radius 1 is 1.53 bits per heavy atom. The highest BCUT2D eigenvalue weighted by Gasteiger charge is 2.22. The highest BCUT2D eigenvalue weighted by molar-refractivity contribution is 5.94. The second-order valence-corrected chi connectivity index (χ2v) is 4.40. The third kappa shape index (κ3) is 4.50. The second-order valence-electron chi connectivity index (χ2n) is 4.40. The molecule has 6 heteroatoms. The van der Waals surface area contributed by atoms with Gasteiger partial charge in [0, 0.05) is 17.8 Å². The molecule has 0 bridgehead atoms. The number of rotatable bonds is 5. The molecule has 1 aliphatic carbocycles. The Labute approximate surface area is 112 Å². The Kier molecular flexibility index (Phi) is 4.22. The van der Waals surface area contributed by atoms with Crippen molar-refractivity contribution in [1.29, 1.82) is 0 Å². The summed E-state index contributed by atoms with van der Waals surface area (Å²) in [5, 5.41) is 5.75. The van der Waals surface area contributed by atoms with E-state index in [-0.39, 0.29) is 18.4 Å². The molecule has 0 spiro atoms. The minimum Gasteiger partial charge on any atom is -0.497 e. The lowest BCUT2D eigenvalue weighted by atomic mass is 10.3. The number of aliphatic imine (C=N–C) groups is 1. The van der Waals surface area contributed by atoms with Crippen LogP contribution in [0.15, 0.2) is 29.3 Å². The van der Waals surface area contributed by atoms with Gasteiger partial charge in [-0.25, -0.2) is 4.99 Å². The Morgan fingerprint density at radius 3 is 3.00 bits per heavy atom. The smallest absolute Gasteiger partial charge is 0.242 e. The van der Waals surface area contributed by atoms with Crippen LogP contribution in [0, 0.1) is 0 Å². The molecule has 0 unspecified atom stereocenters. The van der Waals surface area contributed by atoms with Crippen molar-refractivity contribution in [3.63, 3.8) is 0 Å². The lowest BCUT2D eigenvalue weighted by Gasteiger charge is -2.07. The van der Waals surface area contributed by atoms with E-state index in [0.717, 1.165) is 24.3 Å². The number of hydrogen-bond acceptors (Lipinski definition) is 3. The standard InChI is InChI=1S/C13H18N4O2/c1-19-11-4-2-3-10(7-11)17-13(14)15-8-12(18)16-9-5-6-9/h2-4,7,9H,5-6,8H2,1H3,(H,16,18)(H3,14,15,17). The number of carbonyl (C=O) groups is 1. The Balaban J connectivity index is 1.84. The Morgan fingerprint density at radius 2 is 2.32 bits per heavy atom. The van der Waals surface area contributed by atoms with Gasteiger partial charge in [-0.05, 0) is 25.0 Å². The van der Waals surface area contributed by atoms with Crippen LogP contribution in [0.1, 0.15) is 12.8 Å². The fourth-order valence-corrected chi connectivity index (χ4v) is 1.55. The van der Waals surface area contributed by atoms with Gasteiger partial charge in [0.25, 0.3) is 0 Å². The van der Waals surface area contributed by atoms with Gasteiger partial charge in [0.2, 0.25) is 5.91 Å². The average molecular weight is 262 g/mol. The lowest BCUT2D eigenvalue weighted by molar-refractivity contribution is -0.119. The number of nitrogens with zero attached hydrogens (tertiary/aromatic N) is 1. The van der Waals surface area contributed by atoms with E-state index in [1.165, 1.54) is 0 Å². The zero-order valence-corrected chi connectivity index (χ0v) is 10.8. The number of anilines is 1. The first-order valence-electron chi connectivity index (χ1n) is 6.18. The zero-order valence-electron chi connectivity index (χ0n) is 10.8. The summed E-state index contributed by atoms with van der Waals surface area (Å²) in [4.78, 5) is 15.4. The maximum atomic E-state index is 11.4. The fraction of sp³-hybridized carbons (Fsp3) is 0.385. The molecule has 102 valence electrons. The molecule has 4 N–H and O–H groups in total. The summed E-state index contributed by atoms with van der Waals surface area (Å²) in [5.74, 6) is 0.835. The van der Waals surface area contributed by atoms with Gasteiger partial charge in [-0.3, -0.25) is 4.79 Å². The summed E-state index contributed by atoms with van der Waals surface area (Å²) in [6.07, 6.45) is 2.12. The van der Waals surface area contributed by atoms with Crippen LogP contribution in [0.25, 0.3) is 0 Å². The number of amides is 1. The molecule has 0 atom stereocenters. The molecule has 1 amide bonds.